The number of alkyl halides is 2. The lowest BCUT2D eigenvalue weighted by molar-refractivity contribution is 0.137. The molecule has 0 amide bonds. The van der Waals surface area contributed by atoms with Crippen LogP contribution in [0.1, 0.15) is 32.0 Å². The fourth-order valence-electron chi connectivity index (χ4n) is 1.43. The lowest BCUT2D eigenvalue weighted by Gasteiger charge is -2.04. The molecule has 1 N–H and O–H groups in total. The topological polar surface area (TPSA) is 55.1 Å². The van der Waals surface area contributed by atoms with Crippen molar-refractivity contribution >= 4 is 11.5 Å². The van der Waals surface area contributed by atoms with Crippen LogP contribution in [0.2, 0.25) is 0 Å². The van der Waals surface area contributed by atoms with Gasteiger partial charge in [-0.25, -0.2) is 8.78 Å². The van der Waals surface area contributed by atoms with Gasteiger partial charge in [0.25, 0.3) is 6.43 Å². The van der Waals surface area contributed by atoms with Crippen molar-refractivity contribution in [2.45, 2.75) is 26.2 Å². The molecule has 2 aromatic heterocycles. The summed E-state index contributed by atoms with van der Waals surface area (Å²) in [5.74, 6) is 0.117. The van der Waals surface area contributed by atoms with Gasteiger partial charge >= 0.3 is 0 Å². The molecule has 0 radical (unpaired) electrons. The van der Waals surface area contributed by atoms with Crippen LogP contribution in [0, 0.1) is 0 Å². The first-order chi connectivity index (χ1) is 8.22. The number of nitrogens with one attached hydrogen (secondary N) is 1. The maximum atomic E-state index is 12.6. The third-order valence-corrected chi connectivity index (χ3v) is 2.32. The van der Waals surface area contributed by atoms with Crippen molar-refractivity contribution in [3.8, 4) is 0 Å². The number of hydrogen-bond acceptors (Lipinski definition) is 4. The van der Waals surface area contributed by atoms with E-state index in [2.05, 4.69) is 27.5 Å². The van der Waals surface area contributed by atoms with E-state index in [1.54, 1.807) is 12.1 Å². The summed E-state index contributed by atoms with van der Waals surface area (Å²) in [7, 11) is 0. The summed E-state index contributed by atoms with van der Waals surface area (Å²) in [5.41, 5.74) is 0.321. The fraction of sp³-hybridized carbons (Fsp3) is 0.500. The van der Waals surface area contributed by atoms with E-state index in [1.165, 1.54) is 0 Å². The van der Waals surface area contributed by atoms with Crippen LogP contribution in [0.5, 0.6) is 0 Å². The Morgan fingerprint density at radius 2 is 2.18 bits per heavy atom. The molecule has 5 nitrogen and oxygen atoms in total. The Kier molecular flexibility index (Phi) is 3.46. The zero-order valence-electron chi connectivity index (χ0n) is 9.40. The Morgan fingerprint density at radius 1 is 1.35 bits per heavy atom. The van der Waals surface area contributed by atoms with E-state index in [1.807, 2.05) is 0 Å². The van der Waals surface area contributed by atoms with E-state index < -0.39 is 12.2 Å². The number of unbranched alkanes of at least 4 members (excludes halogenated alkanes) is 1. The second-order valence-corrected chi connectivity index (χ2v) is 3.63. The van der Waals surface area contributed by atoms with E-state index in [-0.39, 0.29) is 0 Å². The Bertz CT molecular complexity index is 496. The first-order valence-electron chi connectivity index (χ1n) is 5.46. The summed E-state index contributed by atoms with van der Waals surface area (Å²) < 4.78 is 26.2. The van der Waals surface area contributed by atoms with Crippen molar-refractivity contribution in [1.82, 2.24) is 19.8 Å². The van der Waals surface area contributed by atoms with E-state index in [4.69, 9.17) is 0 Å². The Hall–Kier alpha value is -1.79. The predicted molar refractivity (Wildman–Crippen MR) is 59.1 cm³/mol. The smallest absolute Gasteiger partial charge is 0.299 e. The highest BCUT2D eigenvalue weighted by atomic mass is 19.3. The van der Waals surface area contributed by atoms with Gasteiger partial charge in [0.2, 0.25) is 5.82 Å². The van der Waals surface area contributed by atoms with Gasteiger partial charge in [-0.3, -0.25) is 0 Å². The van der Waals surface area contributed by atoms with Crippen molar-refractivity contribution in [2.24, 2.45) is 0 Å². The van der Waals surface area contributed by atoms with Crippen molar-refractivity contribution in [1.29, 1.82) is 0 Å². The Morgan fingerprint density at radius 3 is 2.88 bits per heavy atom. The van der Waals surface area contributed by atoms with Gasteiger partial charge in [0.15, 0.2) is 5.65 Å². The number of aromatic nitrogens is 4. The molecule has 0 bridgehead atoms. The van der Waals surface area contributed by atoms with Crippen LogP contribution in [0.25, 0.3) is 5.65 Å². The molecule has 2 heterocycles. The van der Waals surface area contributed by atoms with Crippen LogP contribution < -0.4 is 5.32 Å². The minimum Gasteiger partial charge on any atom is -0.369 e. The maximum Gasteiger partial charge on any atom is 0.299 e. The molecule has 0 aromatic carbocycles. The SMILES string of the molecule is CCCCNc1ccc2nnc(C(F)F)n2n1. The molecule has 0 saturated carbocycles. The zero-order valence-corrected chi connectivity index (χ0v) is 9.40. The first kappa shape index (κ1) is 11.7. The number of hydrogen-bond donors (Lipinski definition) is 1. The van der Waals surface area contributed by atoms with Crippen molar-refractivity contribution in [2.75, 3.05) is 11.9 Å². The second-order valence-electron chi connectivity index (χ2n) is 3.63. The van der Waals surface area contributed by atoms with Crippen LogP contribution >= 0.6 is 0 Å². The van der Waals surface area contributed by atoms with Gasteiger partial charge in [-0.15, -0.1) is 15.3 Å². The maximum absolute atomic E-state index is 12.6. The molecule has 7 heteroatoms. The average molecular weight is 241 g/mol. The van der Waals surface area contributed by atoms with Crippen LogP contribution in [0.4, 0.5) is 14.6 Å². The summed E-state index contributed by atoms with van der Waals surface area (Å²) in [6, 6.07) is 3.31. The van der Waals surface area contributed by atoms with Gasteiger partial charge in [-0.05, 0) is 18.6 Å². The molecule has 0 atom stereocenters. The first-order valence-corrected chi connectivity index (χ1v) is 5.46. The molecule has 92 valence electrons. The van der Waals surface area contributed by atoms with Crippen LogP contribution in [-0.4, -0.2) is 26.4 Å². The minimum absolute atomic E-state index is 0.321. The van der Waals surface area contributed by atoms with Gasteiger partial charge in [0, 0.05) is 6.54 Å². The Balaban J connectivity index is 2.25. The van der Waals surface area contributed by atoms with Crippen LogP contribution in [0.3, 0.4) is 0 Å². The zero-order chi connectivity index (χ0) is 12.3. The largest absolute Gasteiger partial charge is 0.369 e. The molecule has 2 aromatic rings. The van der Waals surface area contributed by atoms with Crippen molar-refractivity contribution < 1.29 is 8.78 Å². The Labute approximate surface area is 96.9 Å². The summed E-state index contributed by atoms with van der Waals surface area (Å²) in [4.78, 5) is 0. The van der Waals surface area contributed by atoms with Crippen LogP contribution in [0.15, 0.2) is 12.1 Å². The molecule has 2 rings (SSSR count). The number of halogens is 2. The van der Waals surface area contributed by atoms with Gasteiger partial charge in [0.1, 0.15) is 5.82 Å². The van der Waals surface area contributed by atoms with Gasteiger partial charge in [-0.2, -0.15) is 4.52 Å². The standard InChI is InChI=1S/C10H13F2N5/c1-2-3-6-13-7-4-5-8-14-15-10(9(11)12)17(8)16-7/h4-5,9H,2-3,6H2,1H3,(H,13,16). The molecular weight excluding hydrogens is 228 g/mol. The monoisotopic (exact) mass is 241 g/mol. The molecule has 0 spiro atoms. The normalized spacial score (nSPS) is 11.3. The number of fused-ring (bicyclic) bond motifs is 1. The summed E-state index contributed by atoms with van der Waals surface area (Å²) in [6.45, 7) is 2.84. The van der Waals surface area contributed by atoms with E-state index in [9.17, 15) is 8.78 Å². The summed E-state index contributed by atoms with van der Waals surface area (Å²) >= 11 is 0. The molecule has 0 fully saturated rings. The van der Waals surface area contributed by atoms with Gasteiger partial charge in [-0.1, -0.05) is 13.3 Å². The predicted octanol–water partition coefficient (Wildman–Crippen LogP) is 2.27. The highest BCUT2D eigenvalue weighted by molar-refractivity contribution is 5.43. The average Bonchev–Trinajstić information content (AvgIpc) is 2.72. The molecule has 0 aliphatic carbocycles. The fourth-order valence-corrected chi connectivity index (χ4v) is 1.43. The molecular formula is C10H13F2N5. The van der Waals surface area contributed by atoms with Gasteiger partial charge in [0.05, 0.1) is 0 Å². The number of anilines is 1. The molecule has 0 aliphatic rings. The van der Waals surface area contributed by atoms with E-state index >= 15 is 0 Å². The minimum atomic E-state index is -2.68. The highest BCUT2D eigenvalue weighted by Gasteiger charge is 2.16. The summed E-state index contributed by atoms with van der Waals surface area (Å²) in [5, 5.41) is 14.1. The quantitative estimate of drug-likeness (QED) is 0.816. The molecule has 0 unspecified atom stereocenters. The number of rotatable bonds is 5. The third kappa shape index (κ3) is 2.48. The summed E-state index contributed by atoms with van der Waals surface area (Å²) in [6.07, 6.45) is -0.614. The second kappa shape index (κ2) is 5.03. The van der Waals surface area contributed by atoms with Crippen molar-refractivity contribution in [3.63, 3.8) is 0 Å². The molecule has 0 saturated heterocycles. The van der Waals surface area contributed by atoms with E-state index in [0.717, 1.165) is 23.9 Å². The van der Waals surface area contributed by atoms with Gasteiger partial charge < -0.3 is 5.32 Å². The highest BCUT2D eigenvalue weighted by Crippen LogP contribution is 2.17. The lowest BCUT2D eigenvalue weighted by Crippen LogP contribution is -2.07. The van der Waals surface area contributed by atoms with E-state index in [0.29, 0.717) is 11.5 Å². The molecule has 17 heavy (non-hydrogen) atoms. The van der Waals surface area contributed by atoms with Crippen molar-refractivity contribution in [3.05, 3.63) is 18.0 Å². The molecule has 0 aliphatic heterocycles. The number of nitrogens with zero attached hydrogens (tertiary/aromatic N) is 4. The lowest BCUT2D eigenvalue weighted by atomic mass is 10.3. The van der Waals surface area contributed by atoms with Crippen LogP contribution in [-0.2, 0) is 0 Å². The third-order valence-electron chi connectivity index (χ3n) is 2.32.